The highest BCUT2D eigenvalue weighted by atomic mass is 35.5. The van der Waals surface area contributed by atoms with Gasteiger partial charge in [-0.3, -0.25) is 4.79 Å². The number of aromatic nitrogens is 1. The number of hydrogen-bond acceptors (Lipinski definition) is 5. The maximum atomic E-state index is 13.0. The Morgan fingerprint density at radius 3 is 2.40 bits per heavy atom. The van der Waals surface area contributed by atoms with Crippen LogP contribution in [0.1, 0.15) is 25.6 Å². The third kappa shape index (κ3) is 3.42. The van der Waals surface area contributed by atoms with E-state index in [2.05, 4.69) is 5.32 Å². The summed E-state index contributed by atoms with van der Waals surface area (Å²) in [4.78, 5) is 37.2. The van der Waals surface area contributed by atoms with E-state index >= 15 is 0 Å². The van der Waals surface area contributed by atoms with Gasteiger partial charge in [-0.15, -0.1) is 11.3 Å². The fourth-order valence-electron chi connectivity index (χ4n) is 3.09. The van der Waals surface area contributed by atoms with Crippen LogP contribution < -0.4 is 5.32 Å². The Kier molecular flexibility index (Phi) is 5.03. The smallest absolute Gasteiger partial charge is 0.335 e. The van der Waals surface area contributed by atoms with Crippen molar-refractivity contribution >= 4 is 57.3 Å². The summed E-state index contributed by atoms with van der Waals surface area (Å²) >= 11 is 7.30. The Labute approximate surface area is 178 Å². The Balaban J connectivity index is 1.79. The van der Waals surface area contributed by atoms with Crippen LogP contribution in [0.4, 0.5) is 10.5 Å². The predicted octanol–water partition coefficient (Wildman–Crippen LogP) is 5.07. The number of aromatic carboxylic acids is 1. The van der Waals surface area contributed by atoms with E-state index in [0.717, 1.165) is 4.57 Å². The van der Waals surface area contributed by atoms with Gasteiger partial charge in [-0.1, -0.05) is 17.7 Å². The SMILES string of the molecule is O=C(O)c1ccc(NC(=O)n2c(O)c(C(=O)c3cccs3)c3cc(Cl)ccc32)cc1. The van der Waals surface area contributed by atoms with Crippen molar-refractivity contribution < 1.29 is 24.6 Å². The van der Waals surface area contributed by atoms with E-state index in [1.165, 1.54) is 47.7 Å². The fourth-order valence-corrected chi connectivity index (χ4v) is 3.93. The van der Waals surface area contributed by atoms with Crippen molar-refractivity contribution in [2.24, 2.45) is 0 Å². The maximum Gasteiger partial charge on any atom is 0.335 e. The number of aromatic hydroxyl groups is 1. The zero-order valence-corrected chi connectivity index (χ0v) is 16.7. The molecule has 7 nitrogen and oxygen atoms in total. The number of ketones is 1. The number of rotatable bonds is 4. The molecule has 2 aromatic heterocycles. The quantitative estimate of drug-likeness (QED) is 0.384. The molecule has 4 rings (SSSR count). The van der Waals surface area contributed by atoms with E-state index in [0.29, 0.717) is 26.5 Å². The van der Waals surface area contributed by atoms with Crippen molar-refractivity contribution in [3.63, 3.8) is 0 Å². The monoisotopic (exact) mass is 440 g/mol. The van der Waals surface area contributed by atoms with Gasteiger partial charge in [0.2, 0.25) is 11.7 Å². The molecule has 0 aliphatic rings. The lowest BCUT2D eigenvalue weighted by atomic mass is 10.1. The lowest BCUT2D eigenvalue weighted by molar-refractivity contribution is 0.0696. The Bertz CT molecular complexity index is 1290. The molecule has 0 bridgehead atoms. The van der Waals surface area contributed by atoms with Gasteiger partial charge >= 0.3 is 12.0 Å². The molecule has 0 saturated heterocycles. The molecule has 3 N–H and O–H groups in total. The number of carboxylic acids is 1. The predicted molar refractivity (Wildman–Crippen MR) is 114 cm³/mol. The summed E-state index contributed by atoms with van der Waals surface area (Å²) in [5, 5.41) is 24.8. The number of benzene rings is 2. The zero-order valence-electron chi connectivity index (χ0n) is 15.1. The minimum absolute atomic E-state index is 0.0219. The number of carbonyl (C=O) groups is 3. The van der Waals surface area contributed by atoms with Crippen molar-refractivity contribution in [3.8, 4) is 5.88 Å². The summed E-state index contributed by atoms with van der Waals surface area (Å²) in [5.74, 6) is -2.02. The molecule has 0 aliphatic carbocycles. The van der Waals surface area contributed by atoms with Crippen LogP contribution in [-0.4, -0.2) is 32.6 Å². The summed E-state index contributed by atoms with van der Waals surface area (Å²) < 4.78 is 0.984. The van der Waals surface area contributed by atoms with Crippen LogP contribution in [0.3, 0.4) is 0 Å². The van der Waals surface area contributed by atoms with Crippen LogP contribution in [0.2, 0.25) is 5.02 Å². The highest BCUT2D eigenvalue weighted by Gasteiger charge is 2.27. The van der Waals surface area contributed by atoms with Crippen LogP contribution in [0, 0.1) is 0 Å². The molecule has 0 unspecified atom stereocenters. The molecule has 0 aliphatic heterocycles. The number of carboxylic acid groups (broad SMARTS) is 1. The Morgan fingerprint density at radius 2 is 1.77 bits per heavy atom. The van der Waals surface area contributed by atoms with Gasteiger partial charge in [0.05, 0.1) is 21.5 Å². The average Bonchev–Trinajstić information content (AvgIpc) is 3.33. The van der Waals surface area contributed by atoms with E-state index in [9.17, 15) is 19.5 Å². The summed E-state index contributed by atoms with van der Waals surface area (Å²) in [6.07, 6.45) is 0. The second-order valence-corrected chi connectivity index (χ2v) is 7.70. The highest BCUT2D eigenvalue weighted by Crippen LogP contribution is 2.35. The van der Waals surface area contributed by atoms with Gasteiger partial charge in [0.25, 0.3) is 0 Å². The second kappa shape index (κ2) is 7.66. The average molecular weight is 441 g/mol. The van der Waals surface area contributed by atoms with Crippen LogP contribution in [0.15, 0.2) is 60.0 Å². The maximum absolute atomic E-state index is 13.0. The number of carbonyl (C=O) groups excluding carboxylic acids is 2. The highest BCUT2D eigenvalue weighted by molar-refractivity contribution is 7.12. The number of anilines is 1. The summed E-state index contributed by atoms with van der Waals surface area (Å²) in [6, 6.07) is 12.8. The topological polar surface area (TPSA) is 109 Å². The first-order valence-corrected chi connectivity index (χ1v) is 9.88. The van der Waals surface area contributed by atoms with E-state index in [1.54, 1.807) is 23.6 Å². The Hall–Kier alpha value is -3.62. The second-order valence-electron chi connectivity index (χ2n) is 6.31. The number of amides is 1. The van der Waals surface area contributed by atoms with Crippen molar-refractivity contribution in [1.29, 1.82) is 0 Å². The van der Waals surface area contributed by atoms with Crippen molar-refractivity contribution in [2.45, 2.75) is 0 Å². The summed E-state index contributed by atoms with van der Waals surface area (Å²) in [5.41, 5.74) is 0.676. The molecule has 0 radical (unpaired) electrons. The van der Waals surface area contributed by atoms with Crippen molar-refractivity contribution in [1.82, 2.24) is 4.57 Å². The lowest BCUT2D eigenvalue weighted by Gasteiger charge is -2.09. The molecule has 2 heterocycles. The summed E-state index contributed by atoms with van der Waals surface area (Å²) in [7, 11) is 0. The van der Waals surface area contributed by atoms with E-state index < -0.39 is 23.7 Å². The third-order valence-corrected chi connectivity index (χ3v) is 5.57. The number of thiophene rings is 1. The van der Waals surface area contributed by atoms with Gasteiger partial charge in [-0.25, -0.2) is 14.2 Å². The molecule has 0 fully saturated rings. The number of nitrogens with zero attached hydrogens (tertiary/aromatic N) is 1. The summed E-state index contributed by atoms with van der Waals surface area (Å²) in [6.45, 7) is 0. The van der Waals surface area contributed by atoms with Gasteiger partial charge in [-0.2, -0.15) is 0 Å². The molecule has 9 heteroatoms. The fraction of sp³-hybridized carbons (Fsp3) is 0. The standard InChI is InChI=1S/C21H13ClN2O5S/c22-12-5-8-15-14(10-12)17(18(25)16-2-1-9-30-16)19(26)24(15)21(29)23-13-6-3-11(4-7-13)20(27)28/h1-10,26H,(H,23,29)(H,27,28). The molecule has 0 saturated carbocycles. The Morgan fingerprint density at radius 1 is 1.03 bits per heavy atom. The first-order chi connectivity index (χ1) is 14.4. The third-order valence-electron chi connectivity index (χ3n) is 4.46. The molecule has 1 amide bonds. The normalized spacial score (nSPS) is 10.8. The van der Waals surface area contributed by atoms with Gasteiger partial charge in [0.1, 0.15) is 0 Å². The molecule has 2 aromatic carbocycles. The van der Waals surface area contributed by atoms with Gasteiger partial charge in [0.15, 0.2) is 0 Å². The van der Waals surface area contributed by atoms with Crippen LogP contribution >= 0.6 is 22.9 Å². The van der Waals surface area contributed by atoms with E-state index in [-0.39, 0.29) is 11.1 Å². The molecule has 4 aromatic rings. The van der Waals surface area contributed by atoms with Crippen LogP contribution in [0.25, 0.3) is 10.9 Å². The minimum atomic E-state index is -1.09. The number of halogens is 1. The first-order valence-electron chi connectivity index (χ1n) is 8.62. The zero-order chi connectivity index (χ0) is 21.4. The molecule has 150 valence electrons. The van der Waals surface area contributed by atoms with E-state index in [4.69, 9.17) is 16.7 Å². The lowest BCUT2D eigenvalue weighted by Crippen LogP contribution is -2.19. The van der Waals surface area contributed by atoms with Gasteiger partial charge in [-0.05, 0) is 53.9 Å². The number of fused-ring (bicyclic) bond motifs is 1. The van der Waals surface area contributed by atoms with Crippen LogP contribution in [-0.2, 0) is 0 Å². The molecule has 0 spiro atoms. The van der Waals surface area contributed by atoms with Gasteiger partial charge < -0.3 is 15.5 Å². The van der Waals surface area contributed by atoms with Crippen LogP contribution in [0.5, 0.6) is 5.88 Å². The van der Waals surface area contributed by atoms with Crippen molar-refractivity contribution in [2.75, 3.05) is 5.32 Å². The van der Waals surface area contributed by atoms with E-state index in [1.807, 2.05) is 0 Å². The van der Waals surface area contributed by atoms with Crippen molar-refractivity contribution in [3.05, 3.63) is 81.0 Å². The minimum Gasteiger partial charge on any atom is -0.494 e. The largest absolute Gasteiger partial charge is 0.494 e. The molecular formula is C21H13ClN2O5S. The molecule has 30 heavy (non-hydrogen) atoms. The first kappa shape index (κ1) is 19.7. The molecule has 0 atom stereocenters. The number of hydrogen-bond donors (Lipinski definition) is 3. The molecular weight excluding hydrogens is 428 g/mol. The van der Waals surface area contributed by atoms with Gasteiger partial charge in [0, 0.05) is 16.1 Å². The number of nitrogens with one attached hydrogen (secondary N) is 1.